The van der Waals surface area contributed by atoms with Gasteiger partial charge >= 0.3 is 11.7 Å². The lowest BCUT2D eigenvalue weighted by atomic mass is 9.89. The summed E-state index contributed by atoms with van der Waals surface area (Å²) in [5.41, 5.74) is 0.514. The van der Waals surface area contributed by atoms with E-state index in [4.69, 9.17) is 9.73 Å². The average Bonchev–Trinajstić information content (AvgIpc) is 3.02. The van der Waals surface area contributed by atoms with E-state index in [9.17, 15) is 14.0 Å². The Labute approximate surface area is 174 Å². The molecule has 7 nitrogen and oxygen atoms in total. The van der Waals surface area contributed by atoms with E-state index in [0.717, 1.165) is 15.8 Å². The molecule has 1 aliphatic heterocycles. The first-order chi connectivity index (χ1) is 14.2. The van der Waals surface area contributed by atoms with Gasteiger partial charge in [-0.2, -0.15) is 0 Å². The second-order valence-corrected chi connectivity index (χ2v) is 7.98. The normalized spacial score (nSPS) is 22.2. The van der Waals surface area contributed by atoms with Crippen LogP contribution in [0.4, 0.5) is 4.39 Å². The van der Waals surface area contributed by atoms with Crippen molar-refractivity contribution in [3.63, 3.8) is 0 Å². The molecule has 1 aromatic carbocycles. The highest BCUT2D eigenvalue weighted by Gasteiger charge is 2.42. The number of benzene rings is 1. The number of cyclic esters (lactones) is 1. The number of aryl methyl sites for hydroxylation is 1. The van der Waals surface area contributed by atoms with Crippen LogP contribution in [0.3, 0.4) is 0 Å². The van der Waals surface area contributed by atoms with Crippen molar-refractivity contribution >= 4 is 11.7 Å². The molecule has 0 bridgehead atoms. The topological polar surface area (TPSA) is 86.7 Å². The van der Waals surface area contributed by atoms with Crippen LogP contribution >= 0.6 is 0 Å². The Kier molecular flexibility index (Phi) is 6.34. The molecule has 0 saturated heterocycles. The smallest absolute Gasteiger partial charge is 0.441 e. The zero-order valence-corrected chi connectivity index (χ0v) is 17.6. The molecular weight excluding hydrogens is 389 g/mol. The molecule has 160 valence electrons. The summed E-state index contributed by atoms with van der Waals surface area (Å²) in [6.45, 7) is 6.96. The number of carbonyl (C=O) groups excluding carboxylic acids is 1. The van der Waals surface area contributed by atoms with Crippen molar-refractivity contribution in [2.75, 3.05) is 0 Å². The molecule has 0 spiro atoms. The standard InChI is InChI=1S/C22H26FN3O4/c1-14(2)19-18(16-9-6-5-7-10-16)24-22(4,20(27)29-19)12-8-11-17(23)13-26-15(3)25-30-21(26)28/h5-7,9-11,14,19H,8,12-13H2,1-4H3/b17-11-/t19-,22+/m1/s1. The summed E-state index contributed by atoms with van der Waals surface area (Å²) >= 11 is 0. The summed E-state index contributed by atoms with van der Waals surface area (Å²) in [5, 5.41) is 3.50. The molecule has 2 heterocycles. The molecule has 0 N–H and O–H groups in total. The fourth-order valence-corrected chi connectivity index (χ4v) is 3.36. The van der Waals surface area contributed by atoms with Crippen molar-refractivity contribution in [2.45, 2.75) is 58.7 Å². The number of aliphatic imine (C=N–C) groups is 1. The summed E-state index contributed by atoms with van der Waals surface area (Å²) in [6, 6.07) is 9.61. The van der Waals surface area contributed by atoms with Crippen molar-refractivity contribution in [2.24, 2.45) is 10.9 Å². The van der Waals surface area contributed by atoms with E-state index in [1.807, 2.05) is 44.2 Å². The van der Waals surface area contributed by atoms with E-state index in [0.29, 0.717) is 5.82 Å². The zero-order chi connectivity index (χ0) is 21.9. The molecule has 3 rings (SSSR count). The van der Waals surface area contributed by atoms with Gasteiger partial charge in [-0.3, -0.25) is 14.1 Å². The predicted octanol–water partition coefficient (Wildman–Crippen LogP) is 3.61. The third kappa shape index (κ3) is 4.58. The van der Waals surface area contributed by atoms with Crippen LogP contribution in [0, 0.1) is 12.8 Å². The second kappa shape index (κ2) is 8.77. The molecule has 0 saturated carbocycles. The molecule has 0 radical (unpaired) electrons. The van der Waals surface area contributed by atoms with Crippen molar-refractivity contribution in [1.82, 2.24) is 9.72 Å². The van der Waals surface area contributed by atoms with E-state index in [1.165, 1.54) is 6.08 Å². The minimum atomic E-state index is -1.11. The van der Waals surface area contributed by atoms with Crippen LogP contribution in [0.5, 0.6) is 0 Å². The maximum Gasteiger partial charge on any atom is 0.441 e. The highest BCUT2D eigenvalue weighted by molar-refractivity contribution is 6.08. The van der Waals surface area contributed by atoms with Crippen LogP contribution in [0.15, 0.2) is 56.5 Å². The Morgan fingerprint density at radius 1 is 1.30 bits per heavy atom. The number of allylic oxidation sites excluding steroid dienone is 2. The molecule has 1 aromatic heterocycles. The van der Waals surface area contributed by atoms with E-state index < -0.39 is 29.2 Å². The molecule has 0 unspecified atom stereocenters. The summed E-state index contributed by atoms with van der Waals surface area (Å²) in [4.78, 5) is 29.0. The highest BCUT2D eigenvalue weighted by Crippen LogP contribution is 2.30. The number of aromatic nitrogens is 2. The first kappa shape index (κ1) is 21.7. The number of esters is 1. The van der Waals surface area contributed by atoms with Crippen LogP contribution in [0.1, 0.15) is 45.0 Å². The lowest BCUT2D eigenvalue weighted by Crippen LogP contribution is -2.48. The Bertz CT molecular complexity index is 1020. The van der Waals surface area contributed by atoms with E-state index in [-0.39, 0.29) is 25.3 Å². The van der Waals surface area contributed by atoms with Gasteiger partial charge in [0.1, 0.15) is 11.9 Å². The SMILES string of the molecule is Cc1noc(=O)n1C/C(F)=C/CC[C@]1(C)N=C(c2ccccc2)[C@@H](C(C)C)OC1=O. The quantitative estimate of drug-likeness (QED) is 0.645. The lowest BCUT2D eigenvalue weighted by molar-refractivity contribution is -0.155. The fraction of sp³-hybridized carbons (Fsp3) is 0.455. The maximum absolute atomic E-state index is 14.3. The number of halogens is 1. The number of hydrogen-bond acceptors (Lipinski definition) is 6. The van der Waals surface area contributed by atoms with E-state index >= 15 is 0 Å². The highest BCUT2D eigenvalue weighted by atomic mass is 19.1. The average molecular weight is 415 g/mol. The number of hydrogen-bond donors (Lipinski definition) is 0. The van der Waals surface area contributed by atoms with Crippen molar-refractivity contribution in [1.29, 1.82) is 0 Å². The summed E-state index contributed by atoms with van der Waals surface area (Å²) in [7, 11) is 0. The molecular formula is C22H26FN3O4. The number of carbonyl (C=O) groups is 1. The van der Waals surface area contributed by atoms with E-state index in [1.54, 1.807) is 13.8 Å². The van der Waals surface area contributed by atoms with Crippen molar-refractivity contribution in [3.05, 3.63) is 64.2 Å². The van der Waals surface area contributed by atoms with Crippen LogP contribution < -0.4 is 5.76 Å². The second-order valence-electron chi connectivity index (χ2n) is 7.98. The van der Waals surface area contributed by atoms with Crippen molar-refractivity contribution < 1.29 is 18.4 Å². The zero-order valence-electron chi connectivity index (χ0n) is 17.6. The summed E-state index contributed by atoms with van der Waals surface area (Å²) < 4.78 is 25.6. The van der Waals surface area contributed by atoms with E-state index in [2.05, 4.69) is 9.68 Å². The van der Waals surface area contributed by atoms with Gasteiger partial charge in [0.05, 0.1) is 12.3 Å². The van der Waals surface area contributed by atoms with Gasteiger partial charge in [-0.15, -0.1) is 0 Å². The number of ether oxygens (including phenoxy) is 1. The molecule has 30 heavy (non-hydrogen) atoms. The lowest BCUT2D eigenvalue weighted by Gasteiger charge is -2.35. The Morgan fingerprint density at radius 2 is 2.00 bits per heavy atom. The van der Waals surface area contributed by atoms with Gasteiger partial charge in [0.15, 0.2) is 11.4 Å². The minimum absolute atomic E-state index is 0.0694. The largest absolute Gasteiger partial charge is 0.454 e. The molecule has 1 aliphatic rings. The summed E-state index contributed by atoms with van der Waals surface area (Å²) in [5.74, 6) is -1.27. The maximum atomic E-state index is 14.3. The van der Waals surface area contributed by atoms with Gasteiger partial charge < -0.3 is 4.74 Å². The minimum Gasteiger partial charge on any atom is -0.454 e. The first-order valence-electron chi connectivity index (χ1n) is 9.95. The van der Waals surface area contributed by atoms with Crippen LogP contribution in [0.25, 0.3) is 0 Å². The Morgan fingerprint density at radius 3 is 2.60 bits per heavy atom. The Hall–Kier alpha value is -3.03. The van der Waals surface area contributed by atoms with Gasteiger partial charge in [0.25, 0.3) is 0 Å². The summed E-state index contributed by atoms with van der Waals surface area (Å²) in [6.07, 6.45) is 1.46. The number of nitrogens with zero attached hydrogens (tertiary/aromatic N) is 3. The molecule has 0 aliphatic carbocycles. The predicted molar refractivity (Wildman–Crippen MR) is 110 cm³/mol. The van der Waals surface area contributed by atoms with Crippen molar-refractivity contribution in [3.8, 4) is 0 Å². The van der Waals surface area contributed by atoms with Gasteiger partial charge in [-0.1, -0.05) is 55.4 Å². The van der Waals surface area contributed by atoms with Crippen LogP contribution in [0.2, 0.25) is 0 Å². The number of rotatable bonds is 7. The monoisotopic (exact) mass is 415 g/mol. The van der Waals surface area contributed by atoms with Gasteiger partial charge in [-0.05, 0) is 38.2 Å². The third-order valence-electron chi connectivity index (χ3n) is 5.16. The van der Waals surface area contributed by atoms with Crippen LogP contribution in [-0.2, 0) is 16.1 Å². The fourth-order valence-electron chi connectivity index (χ4n) is 3.36. The van der Waals surface area contributed by atoms with Gasteiger partial charge in [0, 0.05) is 0 Å². The molecule has 8 heteroatoms. The van der Waals surface area contributed by atoms with Crippen LogP contribution in [-0.4, -0.2) is 33.0 Å². The van der Waals surface area contributed by atoms with Gasteiger partial charge in [-0.25, -0.2) is 14.0 Å². The molecule has 2 aromatic rings. The third-order valence-corrected chi connectivity index (χ3v) is 5.16. The molecule has 0 fully saturated rings. The van der Waals surface area contributed by atoms with Gasteiger partial charge in [0.2, 0.25) is 0 Å². The Balaban J connectivity index is 1.79. The molecule has 2 atom stereocenters. The first-order valence-corrected chi connectivity index (χ1v) is 9.95. The molecule has 0 amide bonds.